The van der Waals surface area contributed by atoms with Gasteiger partial charge in [-0.15, -0.1) is 0 Å². The van der Waals surface area contributed by atoms with Crippen molar-refractivity contribution in [3.8, 4) is 0 Å². The van der Waals surface area contributed by atoms with Gasteiger partial charge < -0.3 is 5.32 Å². The van der Waals surface area contributed by atoms with Crippen molar-refractivity contribution < 1.29 is 0 Å². The molecule has 2 rings (SSSR count). The quantitative estimate of drug-likeness (QED) is 0.725. The third-order valence-electron chi connectivity index (χ3n) is 3.82. The van der Waals surface area contributed by atoms with E-state index in [-0.39, 0.29) is 0 Å². The normalized spacial score (nSPS) is 39.2. The Morgan fingerprint density at radius 1 is 1.07 bits per heavy atom. The lowest BCUT2D eigenvalue weighted by Crippen LogP contribution is -2.58. The van der Waals surface area contributed by atoms with Crippen molar-refractivity contribution >= 4 is 0 Å². The summed E-state index contributed by atoms with van der Waals surface area (Å²) in [6, 6.07) is 2.06. The molecule has 0 aromatic heterocycles. The van der Waals surface area contributed by atoms with Gasteiger partial charge >= 0.3 is 0 Å². The van der Waals surface area contributed by atoms with E-state index < -0.39 is 0 Å². The van der Waals surface area contributed by atoms with Crippen molar-refractivity contribution in [2.24, 2.45) is 0 Å². The highest BCUT2D eigenvalue weighted by molar-refractivity contribution is 4.81. The number of nitrogens with one attached hydrogen (secondary N) is 2. The van der Waals surface area contributed by atoms with Gasteiger partial charge in [0.05, 0.1) is 0 Å². The van der Waals surface area contributed by atoms with Gasteiger partial charge in [-0.1, -0.05) is 6.42 Å². The highest BCUT2D eigenvalue weighted by Crippen LogP contribution is 2.21. The average molecular weight is 211 g/mol. The lowest BCUT2D eigenvalue weighted by molar-refractivity contribution is 0.0253. The van der Waals surface area contributed by atoms with Gasteiger partial charge in [0.2, 0.25) is 0 Å². The number of piperidine rings is 2. The maximum absolute atomic E-state index is 3.73. The number of hydrogen-bond acceptors (Lipinski definition) is 3. The molecule has 3 unspecified atom stereocenters. The molecule has 15 heavy (non-hydrogen) atoms. The second-order valence-electron chi connectivity index (χ2n) is 5.21. The summed E-state index contributed by atoms with van der Waals surface area (Å²) in [4.78, 5) is 0. The van der Waals surface area contributed by atoms with E-state index in [0.29, 0.717) is 18.1 Å². The lowest BCUT2D eigenvalue weighted by Gasteiger charge is -2.42. The van der Waals surface area contributed by atoms with E-state index in [4.69, 9.17) is 0 Å². The summed E-state index contributed by atoms with van der Waals surface area (Å²) in [5.41, 5.74) is 3.73. The van der Waals surface area contributed by atoms with E-state index in [0.717, 1.165) is 6.54 Å². The smallest absolute Gasteiger partial charge is 0.0340 e. The fraction of sp³-hybridized carbons (Fsp3) is 1.00. The molecule has 2 heterocycles. The number of rotatable bonds is 2. The van der Waals surface area contributed by atoms with Crippen LogP contribution in [0.25, 0.3) is 0 Å². The molecule has 0 amide bonds. The van der Waals surface area contributed by atoms with Crippen LogP contribution in [0.5, 0.6) is 0 Å². The SMILES string of the molecule is CC1CCCC(C)N1NC1CCCNC1. The second kappa shape index (κ2) is 5.28. The predicted octanol–water partition coefficient (Wildman–Crippen LogP) is 1.51. The Hall–Kier alpha value is -0.120. The van der Waals surface area contributed by atoms with Crippen LogP contribution in [0.4, 0.5) is 0 Å². The fourth-order valence-electron chi connectivity index (χ4n) is 2.85. The van der Waals surface area contributed by atoms with Crippen molar-refractivity contribution in [2.45, 2.75) is 64.1 Å². The first-order valence-corrected chi connectivity index (χ1v) is 6.52. The highest BCUT2D eigenvalue weighted by Gasteiger charge is 2.26. The Labute approximate surface area is 93.6 Å². The fourth-order valence-corrected chi connectivity index (χ4v) is 2.85. The minimum absolute atomic E-state index is 0.654. The van der Waals surface area contributed by atoms with Crippen molar-refractivity contribution in [2.75, 3.05) is 13.1 Å². The zero-order valence-corrected chi connectivity index (χ0v) is 10.1. The largest absolute Gasteiger partial charge is 0.315 e. The van der Waals surface area contributed by atoms with Crippen LogP contribution in [0, 0.1) is 0 Å². The molecule has 3 atom stereocenters. The molecule has 0 spiro atoms. The van der Waals surface area contributed by atoms with Gasteiger partial charge in [0.15, 0.2) is 0 Å². The standard InChI is InChI=1S/C12H25N3/c1-10-5-3-6-11(2)15(10)14-12-7-4-8-13-9-12/h10-14H,3-9H2,1-2H3. The molecule has 0 aliphatic carbocycles. The Bertz CT molecular complexity index is 179. The summed E-state index contributed by atoms with van der Waals surface area (Å²) < 4.78 is 0. The molecule has 2 fully saturated rings. The van der Waals surface area contributed by atoms with Crippen LogP contribution in [0.1, 0.15) is 46.0 Å². The summed E-state index contributed by atoms with van der Waals surface area (Å²) in [6.45, 7) is 7.02. The molecular weight excluding hydrogens is 186 g/mol. The van der Waals surface area contributed by atoms with Crippen LogP contribution in [0.2, 0.25) is 0 Å². The van der Waals surface area contributed by atoms with Gasteiger partial charge in [-0.25, -0.2) is 5.01 Å². The van der Waals surface area contributed by atoms with Gasteiger partial charge in [-0.05, 0) is 46.1 Å². The van der Waals surface area contributed by atoms with Crippen molar-refractivity contribution in [1.29, 1.82) is 0 Å². The van der Waals surface area contributed by atoms with E-state index in [1.54, 1.807) is 0 Å². The van der Waals surface area contributed by atoms with E-state index >= 15 is 0 Å². The molecule has 0 radical (unpaired) electrons. The molecule has 0 aromatic rings. The average Bonchev–Trinajstić information content (AvgIpc) is 2.25. The molecule has 3 heteroatoms. The molecule has 3 nitrogen and oxygen atoms in total. The lowest BCUT2D eigenvalue weighted by atomic mass is 9.99. The predicted molar refractivity (Wildman–Crippen MR) is 63.6 cm³/mol. The number of hydrazine groups is 1. The maximum atomic E-state index is 3.73. The maximum Gasteiger partial charge on any atom is 0.0340 e. The van der Waals surface area contributed by atoms with Crippen LogP contribution in [-0.4, -0.2) is 36.2 Å². The topological polar surface area (TPSA) is 27.3 Å². The van der Waals surface area contributed by atoms with E-state index in [9.17, 15) is 0 Å². The highest BCUT2D eigenvalue weighted by atomic mass is 15.5. The van der Waals surface area contributed by atoms with Crippen molar-refractivity contribution in [3.63, 3.8) is 0 Å². The third-order valence-corrected chi connectivity index (χ3v) is 3.82. The van der Waals surface area contributed by atoms with E-state index in [1.165, 1.54) is 38.6 Å². The monoisotopic (exact) mass is 211 g/mol. The van der Waals surface area contributed by atoms with E-state index in [2.05, 4.69) is 29.6 Å². The summed E-state index contributed by atoms with van der Waals surface area (Å²) >= 11 is 0. The summed E-state index contributed by atoms with van der Waals surface area (Å²) in [5, 5.41) is 5.97. The summed E-state index contributed by atoms with van der Waals surface area (Å²) in [7, 11) is 0. The van der Waals surface area contributed by atoms with E-state index in [1.807, 2.05) is 0 Å². The van der Waals surface area contributed by atoms with Crippen LogP contribution < -0.4 is 10.7 Å². The van der Waals surface area contributed by atoms with Gasteiger partial charge in [0, 0.05) is 24.7 Å². The molecule has 2 N–H and O–H groups in total. The zero-order chi connectivity index (χ0) is 10.7. The number of nitrogens with zero attached hydrogens (tertiary/aromatic N) is 1. The number of hydrogen-bond donors (Lipinski definition) is 2. The summed E-state index contributed by atoms with van der Waals surface area (Å²) in [6.07, 6.45) is 6.72. The minimum atomic E-state index is 0.654. The van der Waals surface area contributed by atoms with Gasteiger partial charge in [-0.3, -0.25) is 5.43 Å². The van der Waals surface area contributed by atoms with Gasteiger partial charge in [-0.2, -0.15) is 0 Å². The molecule has 88 valence electrons. The van der Waals surface area contributed by atoms with Crippen LogP contribution in [-0.2, 0) is 0 Å². The van der Waals surface area contributed by atoms with Crippen LogP contribution >= 0.6 is 0 Å². The minimum Gasteiger partial charge on any atom is -0.315 e. The van der Waals surface area contributed by atoms with Crippen molar-refractivity contribution in [1.82, 2.24) is 15.8 Å². The molecule has 2 aliphatic heterocycles. The summed E-state index contributed by atoms with van der Waals surface area (Å²) in [5.74, 6) is 0. The molecular formula is C12H25N3. The molecule has 0 aromatic carbocycles. The van der Waals surface area contributed by atoms with Crippen LogP contribution in [0.3, 0.4) is 0 Å². The van der Waals surface area contributed by atoms with Gasteiger partial charge in [0.1, 0.15) is 0 Å². The first-order valence-electron chi connectivity index (χ1n) is 6.52. The third kappa shape index (κ3) is 2.92. The molecule has 2 aliphatic rings. The Balaban J connectivity index is 1.84. The zero-order valence-electron chi connectivity index (χ0n) is 10.1. The molecule has 2 saturated heterocycles. The second-order valence-corrected chi connectivity index (χ2v) is 5.21. The first kappa shape index (κ1) is 11.4. The van der Waals surface area contributed by atoms with Gasteiger partial charge in [0.25, 0.3) is 0 Å². The molecule has 0 saturated carbocycles. The first-order chi connectivity index (χ1) is 7.27. The van der Waals surface area contributed by atoms with Crippen LogP contribution in [0.15, 0.2) is 0 Å². The Kier molecular flexibility index (Phi) is 4.00. The Morgan fingerprint density at radius 3 is 2.40 bits per heavy atom. The van der Waals surface area contributed by atoms with Crippen molar-refractivity contribution in [3.05, 3.63) is 0 Å². The molecule has 0 bridgehead atoms. The Morgan fingerprint density at radius 2 is 1.80 bits per heavy atom.